The third-order valence-electron chi connectivity index (χ3n) is 3.91. The third-order valence-corrected chi connectivity index (χ3v) is 5.59. The van der Waals surface area contributed by atoms with E-state index in [1.807, 2.05) is 18.2 Å². The van der Waals surface area contributed by atoms with Gasteiger partial charge in [0.15, 0.2) is 0 Å². The van der Waals surface area contributed by atoms with E-state index in [0.29, 0.717) is 5.56 Å². The quantitative estimate of drug-likeness (QED) is 0.701. The minimum atomic E-state index is -3.93. The van der Waals surface area contributed by atoms with Crippen molar-refractivity contribution < 1.29 is 17.2 Å². The highest BCUT2D eigenvalue weighted by molar-refractivity contribution is 7.91. The van der Waals surface area contributed by atoms with Crippen LogP contribution in [0.5, 0.6) is 0 Å². The Hall–Kier alpha value is -2.67. The Morgan fingerprint density at radius 1 is 1.04 bits per heavy atom. The van der Waals surface area contributed by atoms with Gasteiger partial charge in [-0.2, -0.15) is 4.98 Å². The van der Waals surface area contributed by atoms with Gasteiger partial charge < -0.3 is 9.73 Å². The summed E-state index contributed by atoms with van der Waals surface area (Å²) in [6.45, 7) is 0. The maximum atomic E-state index is 13.1. The van der Waals surface area contributed by atoms with E-state index in [1.165, 1.54) is 12.1 Å². The molecule has 0 spiro atoms. The van der Waals surface area contributed by atoms with Crippen molar-refractivity contribution in [3.63, 3.8) is 0 Å². The van der Waals surface area contributed by atoms with Crippen LogP contribution in [0.3, 0.4) is 0 Å². The molecule has 1 saturated carbocycles. The number of sulfone groups is 1. The lowest BCUT2D eigenvalue weighted by molar-refractivity contribution is 0.576. The smallest absolute Gasteiger partial charge is 0.234 e. The summed E-state index contributed by atoms with van der Waals surface area (Å²) in [7, 11) is -3.93. The van der Waals surface area contributed by atoms with E-state index >= 15 is 0 Å². The van der Waals surface area contributed by atoms with Gasteiger partial charge in [-0.15, -0.1) is 0 Å². The maximum absolute atomic E-state index is 13.1. The molecule has 1 N–H and O–H groups in total. The topological polar surface area (TPSA) is 72.2 Å². The van der Waals surface area contributed by atoms with E-state index in [4.69, 9.17) is 4.42 Å². The lowest BCUT2D eigenvalue weighted by Crippen LogP contribution is -2.08. The third kappa shape index (κ3) is 3.15. The molecule has 0 amide bonds. The van der Waals surface area contributed by atoms with Crippen LogP contribution in [0, 0.1) is 5.82 Å². The first kappa shape index (κ1) is 15.8. The van der Waals surface area contributed by atoms with Crippen molar-refractivity contribution in [2.24, 2.45) is 0 Å². The molecule has 1 heterocycles. The van der Waals surface area contributed by atoms with E-state index in [-0.39, 0.29) is 27.7 Å². The van der Waals surface area contributed by atoms with Crippen LogP contribution < -0.4 is 5.32 Å². The first-order chi connectivity index (χ1) is 12.0. The Kier molecular flexibility index (Phi) is 3.80. The molecular weight excluding hydrogens is 343 g/mol. The van der Waals surface area contributed by atoms with Crippen molar-refractivity contribution in [2.75, 3.05) is 5.32 Å². The van der Waals surface area contributed by atoms with E-state index in [1.54, 1.807) is 12.1 Å². The van der Waals surface area contributed by atoms with Gasteiger partial charge in [0.2, 0.25) is 26.6 Å². The highest BCUT2D eigenvalue weighted by atomic mass is 32.2. The van der Waals surface area contributed by atoms with E-state index in [0.717, 1.165) is 25.0 Å². The normalized spacial score (nSPS) is 14.4. The van der Waals surface area contributed by atoms with Crippen LogP contribution in [-0.2, 0) is 9.84 Å². The van der Waals surface area contributed by atoms with Gasteiger partial charge in [-0.1, -0.05) is 18.2 Å². The van der Waals surface area contributed by atoms with Gasteiger partial charge in [0.1, 0.15) is 5.82 Å². The second-order valence-electron chi connectivity index (χ2n) is 5.90. The molecule has 3 aromatic rings. The van der Waals surface area contributed by atoms with Gasteiger partial charge in [0, 0.05) is 11.6 Å². The van der Waals surface area contributed by atoms with Crippen LogP contribution in [0.4, 0.5) is 10.3 Å². The number of nitrogens with one attached hydrogen (secondary N) is 1. The monoisotopic (exact) mass is 358 g/mol. The molecule has 25 heavy (non-hydrogen) atoms. The standard InChI is InChI=1S/C18H15FN2O3S/c19-13-6-10-15(11-7-13)25(22,23)18-17(20-14-8-9-14)24-16(21-18)12-4-2-1-3-5-12/h1-7,10-11,14,20H,8-9H2. The van der Waals surface area contributed by atoms with Crippen LogP contribution in [0.1, 0.15) is 12.8 Å². The molecule has 0 atom stereocenters. The van der Waals surface area contributed by atoms with Crippen molar-refractivity contribution in [3.8, 4) is 11.5 Å². The summed E-state index contributed by atoms with van der Waals surface area (Å²) >= 11 is 0. The molecule has 0 bridgehead atoms. The molecule has 0 radical (unpaired) electrons. The predicted molar refractivity (Wildman–Crippen MR) is 90.4 cm³/mol. The lowest BCUT2D eigenvalue weighted by atomic mass is 10.2. The lowest BCUT2D eigenvalue weighted by Gasteiger charge is -2.04. The van der Waals surface area contributed by atoms with Gasteiger partial charge in [-0.05, 0) is 49.2 Å². The molecule has 1 aliphatic rings. The van der Waals surface area contributed by atoms with Gasteiger partial charge in [0.05, 0.1) is 4.90 Å². The number of benzene rings is 2. The molecule has 128 valence electrons. The van der Waals surface area contributed by atoms with Gasteiger partial charge in [-0.3, -0.25) is 0 Å². The molecule has 5 nitrogen and oxygen atoms in total. The molecule has 1 aromatic heterocycles. The van der Waals surface area contributed by atoms with Gasteiger partial charge >= 0.3 is 0 Å². The van der Waals surface area contributed by atoms with Crippen LogP contribution in [0.25, 0.3) is 11.5 Å². The van der Waals surface area contributed by atoms with Crippen LogP contribution in [0.2, 0.25) is 0 Å². The zero-order chi connectivity index (χ0) is 17.4. The van der Waals surface area contributed by atoms with Crippen LogP contribution in [-0.4, -0.2) is 19.4 Å². The summed E-state index contributed by atoms with van der Waals surface area (Å²) in [5, 5.41) is 2.90. The number of hydrogen-bond acceptors (Lipinski definition) is 5. The zero-order valence-electron chi connectivity index (χ0n) is 13.1. The molecule has 0 unspecified atom stereocenters. The average Bonchev–Trinajstić information content (AvgIpc) is 3.32. The Bertz CT molecular complexity index is 995. The molecule has 4 rings (SSSR count). The zero-order valence-corrected chi connectivity index (χ0v) is 14.0. The van der Waals surface area contributed by atoms with Crippen molar-refractivity contribution in [1.82, 2.24) is 4.98 Å². The van der Waals surface area contributed by atoms with Crippen molar-refractivity contribution in [2.45, 2.75) is 28.8 Å². The Morgan fingerprint density at radius 3 is 2.36 bits per heavy atom. The number of anilines is 1. The molecule has 7 heteroatoms. The fourth-order valence-electron chi connectivity index (χ4n) is 2.42. The number of nitrogens with zero attached hydrogens (tertiary/aromatic N) is 1. The number of aromatic nitrogens is 1. The van der Waals surface area contributed by atoms with Crippen molar-refractivity contribution >= 4 is 15.7 Å². The predicted octanol–water partition coefficient (Wildman–Crippen LogP) is 3.89. The van der Waals surface area contributed by atoms with Crippen LogP contribution >= 0.6 is 0 Å². The van der Waals surface area contributed by atoms with Gasteiger partial charge in [0.25, 0.3) is 0 Å². The van der Waals surface area contributed by atoms with Crippen LogP contribution in [0.15, 0.2) is 68.9 Å². The summed E-state index contributed by atoms with van der Waals surface area (Å²) in [5.41, 5.74) is 0.682. The highest BCUT2D eigenvalue weighted by Gasteiger charge is 2.32. The Morgan fingerprint density at radius 2 is 1.72 bits per heavy atom. The summed E-state index contributed by atoms with van der Waals surface area (Å²) in [6, 6.07) is 13.9. The van der Waals surface area contributed by atoms with Crippen molar-refractivity contribution in [3.05, 3.63) is 60.4 Å². The van der Waals surface area contributed by atoms with Crippen molar-refractivity contribution in [1.29, 1.82) is 0 Å². The molecule has 1 aliphatic carbocycles. The summed E-state index contributed by atoms with van der Waals surface area (Å²) < 4.78 is 44.7. The average molecular weight is 358 g/mol. The number of oxazole rings is 1. The minimum absolute atomic E-state index is 0.0272. The molecule has 0 aliphatic heterocycles. The molecule has 0 saturated heterocycles. The Balaban J connectivity index is 1.81. The first-order valence-electron chi connectivity index (χ1n) is 7.87. The number of halogens is 1. The number of hydrogen-bond donors (Lipinski definition) is 1. The highest BCUT2D eigenvalue weighted by Crippen LogP contribution is 2.35. The fraction of sp³-hybridized carbons (Fsp3) is 0.167. The van der Waals surface area contributed by atoms with E-state index in [9.17, 15) is 12.8 Å². The fourth-order valence-corrected chi connectivity index (χ4v) is 3.69. The second kappa shape index (κ2) is 6.00. The molecular formula is C18H15FN2O3S. The molecule has 2 aromatic carbocycles. The largest absolute Gasteiger partial charge is 0.419 e. The minimum Gasteiger partial charge on any atom is -0.419 e. The Labute approximate surface area is 144 Å². The van der Waals surface area contributed by atoms with E-state index < -0.39 is 15.7 Å². The summed E-state index contributed by atoms with van der Waals surface area (Å²) in [6.07, 6.45) is 1.91. The van der Waals surface area contributed by atoms with Gasteiger partial charge in [-0.25, -0.2) is 12.8 Å². The SMILES string of the molecule is O=S(=O)(c1ccc(F)cc1)c1nc(-c2ccccc2)oc1NC1CC1. The molecule has 1 fully saturated rings. The summed E-state index contributed by atoms with van der Waals surface area (Å²) in [5.74, 6) is -0.143. The van der Waals surface area contributed by atoms with E-state index in [2.05, 4.69) is 10.3 Å². The second-order valence-corrected chi connectivity index (χ2v) is 7.76. The maximum Gasteiger partial charge on any atom is 0.234 e. The number of rotatable bonds is 5. The summed E-state index contributed by atoms with van der Waals surface area (Å²) in [4.78, 5) is 4.19. The first-order valence-corrected chi connectivity index (χ1v) is 9.36.